The number of nitrogen functional groups attached to an aromatic ring is 1. The van der Waals surface area contributed by atoms with Crippen LogP contribution in [0.3, 0.4) is 0 Å². The predicted octanol–water partition coefficient (Wildman–Crippen LogP) is -0.286. The van der Waals surface area contributed by atoms with E-state index in [2.05, 4.69) is 4.98 Å². The van der Waals surface area contributed by atoms with Crippen molar-refractivity contribution in [3.05, 3.63) is 24.0 Å². The van der Waals surface area contributed by atoms with Gasteiger partial charge in [-0.25, -0.2) is 9.78 Å². The summed E-state index contributed by atoms with van der Waals surface area (Å²) < 4.78 is 0. The van der Waals surface area contributed by atoms with E-state index in [1.807, 2.05) is 0 Å². The number of hydrogen-bond acceptors (Lipinski definition) is 3. The molecule has 5 heteroatoms. The van der Waals surface area contributed by atoms with Gasteiger partial charge in [0.05, 0.1) is 5.69 Å². The van der Waals surface area contributed by atoms with E-state index in [-0.39, 0.29) is 40.9 Å². The molecule has 1 rings (SSSR count). The van der Waals surface area contributed by atoms with Crippen molar-refractivity contribution in [3.8, 4) is 0 Å². The molecular formula is C6H7N2NaO2. The van der Waals surface area contributed by atoms with Crippen molar-refractivity contribution in [2.24, 2.45) is 0 Å². The topological polar surface area (TPSA) is 76.2 Å². The van der Waals surface area contributed by atoms with Crippen LogP contribution in [0.1, 0.15) is 10.5 Å². The molecule has 1 heterocycles. The van der Waals surface area contributed by atoms with Gasteiger partial charge in [0.1, 0.15) is 0 Å². The Balaban J connectivity index is 0.000001000. The molecule has 1 aromatic heterocycles. The van der Waals surface area contributed by atoms with Crippen LogP contribution in [0.4, 0.5) is 5.69 Å². The van der Waals surface area contributed by atoms with Gasteiger partial charge in [-0.1, -0.05) is 0 Å². The molecule has 0 amide bonds. The third-order valence-corrected chi connectivity index (χ3v) is 1.04. The third-order valence-electron chi connectivity index (χ3n) is 1.04. The van der Waals surface area contributed by atoms with Gasteiger partial charge in [-0.05, 0) is 12.1 Å². The summed E-state index contributed by atoms with van der Waals surface area (Å²) in [4.78, 5) is 13.8. The molecule has 0 fully saturated rings. The molecule has 0 aliphatic rings. The Morgan fingerprint density at radius 3 is 2.64 bits per heavy atom. The van der Waals surface area contributed by atoms with E-state index in [0.717, 1.165) is 0 Å². The number of carboxylic acid groups (broad SMARTS) is 1. The van der Waals surface area contributed by atoms with E-state index < -0.39 is 5.97 Å². The fourth-order valence-electron chi connectivity index (χ4n) is 0.596. The van der Waals surface area contributed by atoms with Crippen molar-refractivity contribution >= 4 is 41.2 Å². The zero-order chi connectivity index (χ0) is 7.56. The first-order valence-electron chi connectivity index (χ1n) is 2.65. The number of anilines is 1. The molecule has 3 N–H and O–H groups in total. The first-order chi connectivity index (χ1) is 4.72. The monoisotopic (exact) mass is 162 g/mol. The Kier molecular flexibility index (Phi) is 4.10. The fourth-order valence-corrected chi connectivity index (χ4v) is 0.596. The minimum absolute atomic E-state index is 0. The van der Waals surface area contributed by atoms with Gasteiger partial charge < -0.3 is 10.8 Å². The van der Waals surface area contributed by atoms with Crippen molar-refractivity contribution in [3.63, 3.8) is 0 Å². The molecule has 0 unspecified atom stereocenters. The summed E-state index contributed by atoms with van der Waals surface area (Å²) in [5, 5.41) is 8.42. The number of aromatic nitrogens is 1. The van der Waals surface area contributed by atoms with E-state index >= 15 is 0 Å². The van der Waals surface area contributed by atoms with E-state index in [9.17, 15) is 4.79 Å². The maximum atomic E-state index is 10.3. The Morgan fingerprint density at radius 1 is 1.64 bits per heavy atom. The minimum atomic E-state index is -1.10. The predicted molar refractivity (Wildman–Crippen MR) is 42.8 cm³/mol. The van der Waals surface area contributed by atoms with Gasteiger partial charge >= 0.3 is 35.5 Å². The molecule has 0 bridgehead atoms. The van der Waals surface area contributed by atoms with E-state index in [4.69, 9.17) is 10.8 Å². The molecule has 0 radical (unpaired) electrons. The maximum absolute atomic E-state index is 10.3. The van der Waals surface area contributed by atoms with Crippen molar-refractivity contribution in [1.29, 1.82) is 0 Å². The molecule has 0 spiro atoms. The van der Waals surface area contributed by atoms with Crippen LogP contribution in [0.5, 0.6) is 0 Å². The average Bonchev–Trinajstić information content (AvgIpc) is 1.88. The molecule has 0 atom stereocenters. The molecule has 0 saturated heterocycles. The van der Waals surface area contributed by atoms with Crippen LogP contribution in [0.2, 0.25) is 0 Å². The Hall–Kier alpha value is -0.580. The number of carboxylic acids is 1. The fraction of sp³-hybridized carbons (Fsp3) is 0. The van der Waals surface area contributed by atoms with E-state index in [1.54, 1.807) is 6.07 Å². The molecule has 0 aromatic carbocycles. The summed E-state index contributed by atoms with van der Waals surface area (Å²) in [5.41, 5.74) is 5.37. The van der Waals surface area contributed by atoms with Crippen LogP contribution >= 0.6 is 0 Å². The Bertz CT molecular complexity index is 265. The number of rotatable bonds is 1. The van der Waals surface area contributed by atoms with E-state index in [1.165, 1.54) is 12.3 Å². The Labute approximate surface area is 85.7 Å². The van der Waals surface area contributed by atoms with Gasteiger partial charge in [-0.15, -0.1) is 0 Å². The molecule has 54 valence electrons. The standard InChI is InChI=1S/C6H6N2O2.Na.H/c7-4-2-1-3-8-5(4)6(9)10;;/h1-3H,7H2,(H,9,10);;. The molecule has 4 nitrogen and oxygen atoms in total. The molecule has 0 saturated carbocycles. The van der Waals surface area contributed by atoms with Crippen LogP contribution in [0.15, 0.2) is 18.3 Å². The van der Waals surface area contributed by atoms with E-state index in [0.29, 0.717) is 0 Å². The number of pyridine rings is 1. The summed E-state index contributed by atoms with van der Waals surface area (Å²) in [6.07, 6.45) is 1.39. The number of aromatic carboxylic acids is 1. The number of nitrogens with zero attached hydrogens (tertiary/aromatic N) is 1. The van der Waals surface area contributed by atoms with Crippen molar-refractivity contribution in [2.75, 3.05) is 5.73 Å². The summed E-state index contributed by atoms with van der Waals surface area (Å²) >= 11 is 0. The SMILES string of the molecule is Nc1cccnc1C(=O)O.[NaH]. The second kappa shape index (κ2) is 4.33. The summed E-state index contributed by atoms with van der Waals surface area (Å²) in [6.45, 7) is 0. The zero-order valence-electron chi connectivity index (χ0n) is 5.11. The van der Waals surface area contributed by atoms with Gasteiger partial charge in [0.25, 0.3) is 0 Å². The summed E-state index contributed by atoms with van der Waals surface area (Å²) in [6, 6.07) is 3.08. The number of carbonyl (C=O) groups is 1. The van der Waals surface area contributed by atoms with Crippen LogP contribution < -0.4 is 5.73 Å². The van der Waals surface area contributed by atoms with Crippen LogP contribution in [-0.4, -0.2) is 45.6 Å². The molecule has 1 aromatic rings. The summed E-state index contributed by atoms with van der Waals surface area (Å²) in [5.74, 6) is -1.10. The van der Waals surface area contributed by atoms with Crippen molar-refractivity contribution in [1.82, 2.24) is 4.98 Å². The van der Waals surface area contributed by atoms with Gasteiger partial charge in [0, 0.05) is 6.20 Å². The average molecular weight is 162 g/mol. The second-order valence-corrected chi connectivity index (χ2v) is 1.75. The quantitative estimate of drug-likeness (QED) is 0.556. The van der Waals surface area contributed by atoms with Crippen LogP contribution in [0.25, 0.3) is 0 Å². The molecule has 11 heavy (non-hydrogen) atoms. The van der Waals surface area contributed by atoms with Crippen LogP contribution in [-0.2, 0) is 0 Å². The Morgan fingerprint density at radius 2 is 2.27 bits per heavy atom. The molecule has 0 aliphatic carbocycles. The molecule has 0 aliphatic heterocycles. The van der Waals surface area contributed by atoms with Crippen LogP contribution in [0, 0.1) is 0 Å². The number of hydrogen-bond donors (Lipinski definition) is 2. The van der Waals surface area contributed by atoms with Gasteiger partial charge in [0.2, 0.25) is 0 Å². The first kappa shape index (κ1) is 10.4. The molecular weight excluding hydrogens is 155 g/mol. The van der Waals surface area contributed by atoms with Gasteiger partial charge in [0.15, 0.2) is 5.69 Å². The second-order valence-electron chi connectivity index (χ2n) is 1.75. The van der Waals surface area contributed by atoms with Crippen molar-refractivity contribution in [2.45, 2.75) is 0 Å². The normalized spacial score (nSPS) is 8.36. The van der Waals surface area contributed by atoms with Gasteiger partial charge in [-0.3, -0.25) is 0 Å². The third kappa shape index (κ3) is 2.49. The zero-order valence-corrected chi connectivity index (χ0v) is 5.11. The summed E-state index contributed by atoms with van der Waals surface area (Å²) in [7, 11) is 0. The number of nitrogens with two attached hydrogens (primary N) is 1. The van der Waals surface area contributed by atoms with Crippen molar-refractivity contribution < 1.29 is 9.90 Å². The first-order valence-corrected chi connectivity index (χ1v) is 2.65. The van der Waals surface area contributed by atoms with Gasteiger partial charge in [-0.2, -0.15) is 0 Å².